The second kappa shape index (κ2) is 8.76. The van der Waals surface area contributed by atoms with Gasteiger partial charge in [-0.3, -0.25) is 4.79 Å². The lowest BCUT2D eigenvalue weighted by Gasteiger charge is -2.23. The maximum atomic E-state index is 13.0. The van der Waals surface area contributed by atoms with Gasteiger partial charge in [0.25, 0.3) is 5.91 Å². The lowest BCUT2D eigenvalue weighted by Crippen LogP contribution is -2.32. The minimum atomic E-state index is -0.0516. The Bertz CT molecular complexity index is 980. The van der Waals surface area contributed by atoms with Crippen LogP contribution in [0.25, 0.3) is 0 Å². The highest BCUT2D eigenvalue weighted by Gasteiger charge is 2.33. The molecular formula is C23H24N2O3S. The number of hydrogen-bond donors (Lipinski definition) is 1. The number of nitrogens with zero attached hydrogens (tertiary/aromatic N) is 2. The molecule has 5 nitrogen and oxygen atoms in total. The number of amides is 1. The number of aliphatic hydroxyl groups excluding tert-OH is 1. The van der Waals surface area contributed by atoms with Crippen molar-refractivity contribution < 1.29 is 14.6 Å². The number of benzene rings is 2. The van der Waals surface area contributed by atoms with E-state index in [4.69, 9.17) is 9.84 Å². The van der Waals surface area contributed by atoms with Gasteiger partial charge < -0.3 is 14.7 Å². The fourth-order valence-electron chi connectivity index (χ4n) is 3.22. The van der Waals surface area contributed by atoms with Crippen LogP contribution in [0.5, 0.6) is 5.75 Å². The molecule has 0 bridgehead atoms. The van der Waals surface area contributed by atoms with Gasteiger partial charge in [0.15, 0.2) is 0 Å². The highest BCUT2D eigenvalue weighted by molar-refractivity contribution is 7.09. The number of rotatable bonds is 8. The molecule has 1 amide bonds. The van der Waals surface area contributed by atoms with Crippen molar-refractivity contribution in [3.8, 4) is 5.75 Å². The summed E-state index contributed by atoms with van der Waals surface area (Å²) in [5, 5.41) is 11.8. The van der Waals surface area contributed by atoms with Crippen LogP contribution in [0.2, 0.25) is 0 Å². The van der Waals surface area contributed by atoms with Gasteiger partial charge in [0.2, 0.25) is 0 Å². The van der Waals surface area contributed by atoms with Crippen LogP contribution < -0.4 is 4.74 Å². The maximum Gasteiger partial charge on any atom is 0.254 e. The number of aryl methyl sites for hydroxylation is 1. The second-order valence-corrected chi connectivity index (χ2v) is 8.30. The maximum absolute atomic E-state index is 13.0. The molecule has 4 rings (SSSR count). The Labute approximate surface area is 174 Å². The van der Waals surface area contributed by atoms with Crippen LogP contribution in [0.4, 0.5) is 0 Å². The number of ether oxygens (including phenoxy) is 1. The summed E-state index contributed by atoms with van der Waals surface area (Å²) in [6.45, 7) is 2.94. The molecule has 1 aliphatic rings. The van der Waals surface area contributed by atoms with E-state index in [1.54, 1.807) is 0 Å². The molecule has 1 fully saturated rings. The van der Waals surface area contributed by atoms with Crippen molar-refractivity contribution in [3.63, 3.8) is 0 Å². The Balaban J connectivity index is 1.39. The molecule has 0 radical (unpaired) electrons. The lowest BCUT2D eigenvalue weighted by molar-refractivity contribution is 0.0730. The van der Waals surface area contributed by atoms with Crippen molar-refractivity contribution in [3.05, 3.63) is 81.3 Å². The van der Waals surface area contributed by atoms with Crippen LogP contribution in [0, 0.1) is 6.92 Å². The number of thiazole rings is 1. The van der Waals surface area contributed by atoms with Crippen LogP contribution in [-0.4, -0.2) is 26.9 Å². The van der Waals surface area contributed by atoms with Crippen molar-refractivity contribution in [2.75, 3.05) is 0 Å². The first kappa shape index (κ1) is 19.6. The first-order chi connectivity index (χ1) is 14.1. The molecule has 1 aromatic heterocycles. The van der Waals surface area contributed by atoms with Gasteiger partial charge in [0.05, 0.1) is 12.3 Å². The highest BCUT2D eigenvalue weighted by atomic mass is 32.1. The van der Waals surface area contributed by atoms with Crippen molar-refractivity contribution in [1.82, 2.24) is 9.88 Å². The Hall–Kier alpha value is -2.70. The molecule has 0 spiro atoms. The third kappa shape index (κ3) is 5.02. The summed E-state index contributed by atoms with van der Waals surface area (Å²) in [5.41, 5.74) is 3.60. The zero-order valence-corrected chi connectivity index (χ0v) is 17.2. The summed E-state index contributed by atoms with van der Waals surface area (Å²) in [5.74, 6) is 0.859. The van der Waals surface area contributed by atoms with Crippen LogP contribution in [0.15, 0.2) is 53.9 Å². The van der Waals surface area contributed by atoms with E-state index in [2.05, 4.69) is 4.98 Å². The fourth-order valence-corrected chi connectivity index (χ4v) is 3.91. The van der Waals surface area contributed by atoms with Gasteiger partial charge in [-0.25, -0.2) is 4.98 Å². The molecule has 0 unspecified atom stereocenters. The first-order valence-electron chi connectivity index (χ1n) is 9.76. The van der Waals surface area contributed by atoms with E-state index in [1.165, 1.54) is 11.3 Å². The minimum Gasteiger partial charge on any atom is -0.486 e. The summed E-state index contributed by atoms with van der Waals surface area (Å²) in [6.07, 6.45) is 2.14. The van der Waals surface area contributed by atoms with Gasteiger partial charge in [-0.2, -0.15) is 0 Å². The van der Waals surface area contributed by atoms with E-state index < -0.39 is 0 Å². The zero-order valence-electron chi connectivity index (χ0n) is 16.4. The molecule has 1 aliphatic carbocycles. The summed E-state index contributed by atoms with van der Waals surface area (Å²) >= 11 is 1.48. The average molecular weight is 409 g/mol. The molecule has 1 heterocycles. The number of aliphatic hydroxyl groups is 1. The van der Waals surface area contributed by atoms with Gasteiger partial charge in [-0.15, -0.1) is 11.3 Å². The van der Waals surface area contributed by atoms with Crippen LogP contribution in [0.3, 0.4) is 0 Å². The van der Waals surface area contributed by atoms with E-state index in [9.17, 15) is 4.79 Å². The Morgan fingerprint density at radius 1 is 1.24 bits per heavy atom. The van der Waals surface area contributed by atoms with E-state index >= 15 is 0 Å². The molecule has 0 aliphatic heterocycles. The highest BCUT2D eigenvalue weighted by Crippen LogP contribution is 2.30. The SMILES string of the molecule is Cc1cccc(C(=O)N(Cc2ccc(OCc3nc(CO)cs3)cc2)C2CC2)c1. The van der Waals surface area contributed by atoms with E-state index in [0.717, 1.165) is 40.3 Å². The van der Waals surface area contributed by atoms with Crippen LogP contribution in [-0.2, 0) is 19.8 Å². The molecule has 3 aromatic rings. The quantitative estimate of drug-likeness (QED) is 0.603. The van der Waals surface area contributed by atoms with E-state index in [1.807, 2.05) is 65.7 Å². The summed E-state index contributed by atoms with van der Waals surface area (Å²) in [7, 11) is 0. The number of aromatic nitrogens is 1. The van der Waals surface area contributed by atoms with Gasteiger partial charge >= 0.3 is 0 Å². The van der Waals surface area contributed by atoms with Crippen molar-refractivity contribution in [2.45, 2.75) is 45.6 Å². The molecule has 1 saturated carbocycles. The molecular weight excluding hydrogens is 384 g/mol. The average Bonchev–Trinajstić information content (AvgIpc) is 3.48. The molecule has 0 atom stereocenters. The predicted octanol–water partition coefficient (Wildman–Crippen LogP) is 4.33. The first-order valence-corrected chi connectivity index (χ1v) is 10.6. The minimum absolute atomic E-state index is 0.0516. The number of carbonyl (C=O) groups is 1. The summed E-state index contributed by atoms with van der Waals surface area (Å²) < 4.78 is 5.79. The number of carbonyl (C=O) groups excluding carboxylic acids is 1. The smallest absolute Gasteiger partial charge is 0.254 e. The van der Waals surface area contributed by atoms with E-state index in [-0.39, 0.29) is 12.5 Å². The largest absolute Gasteiger partial charge is 0.486 e. The molecule has 6 heteroatoms. The topological polar surface area (TPSA) is 62.7 Å². The van der Waals surface area contributed by atoms with Gasteiger partial charge in [0, 0.05) is 23.5 Å². The molecule has 1 N–H and O–H groups in total. The Morgan fingerprint density at radius 3 is 2.69 bits per heavy atom. The van der Waals surface area contributed by atoms with Crippen LogP contribution >= 0.6 is 11.3 Å². The van der Waals surface area contributed by atoms with Crippen molar-refractivity contribution in [2.24, 2.45) is 0 Å². The van der Waals surface area contributed by atoms with Crippen molar-refractivity contribution in [1.29, 1.82) is 0 Å². The fraction of sp³-hybridized carbons (Fsp3) is 0.304. The second-order valence-electron chi connectivity index (χ2n) is 7.36. The van der Waals surface area contributed by atoms with Gasteiger partial charge in [-0.05, 0) is 49.6 Å². The van der Waals surface area contributed by atoms with Gasteiger partial charge in [0.1, 0.15) is 17.4 Å². The molecule has 0 saturated heterocycles. The van der Waals surface area contributed by atoms with Gasteiger partial charge in [-0.1, -0.05) is 29.8 Å². The summed E-state index contributed by atoms with van der Waals surface area (Å²) in [6, 6.07) is 16.0. The Kier molecular flexibility index (Phi) is 5.92. The summed E-state index contributed by atoms with van der Waals surface area (Å²) in [4.78, 5) is 19.3. The number of hydrogen-bond acceptors (Lipinski definition) is 5. The zero-order chi connectivity index (χ0) is 20.2. The van der Waals surface area contributed by atoms with Crippen LogP contribution in [0.1, 0.15) is 45.0 Å². The third-order valence-corrected chi connectivity index (χ3v) is 5.78. The van der Waals surface area contributed by atoms with Crippen molar-refractivity contribution >= 4 is 17.2 Å². The standard InChI is InChI=1S/C23H24N2O3S/c1-16-3-2-4-18(11-16)23(27)25(20-7-8-20)12-17-5-9-21(10-6-17)28-14-22-24-19(13-26)15-29-22/h2-6,9-11,15,20,26H,7-8,12-14H2,1H3. The molecule has 150 valence electrons. The predicted molar refractivity (Wildman–Crippen MR) is 113 cm³/mol. The third-order valence-electron chi connectivity index (χ3n) is 4.91. The molecule has 2 aromatic carbocycles. The van der Waals surface area contributed by atoms with E-state index in [0.29, 0.717) is 24.9 Å². The normalized spacial score (nSPS) is 13.3. The Morgan fingerprint density at radius 2 is 2.03 bits per heavy atom. The molecule has 29 heavy (non-hydrogen) atoms. The monoisotopic (exact) mass is 408 g/mol. The lowest BCUT2D eigenvalue weighted by atomic mass is 10.1.